The van der Waals surface area contributed by atoms with E-state index in [1.54, 1.807) is 10.4 Å². The Morgan fingerprint density at radius 3 is 3.25 bits per heavy atom. The summed E-state index contributed by atoms with van der Waals surface area (Å²) in [7, 11) is 0. The molecule has 2 heteroatoms. The van der Waals surface area contributed by atoms with Crippen molar-refractivity contribution in [2.75, 3.05) is 6.54 Å². The van der Waals surface area contributed by atoms with Crippen LogP contribution in [0.15, 0.2) is 11.4 Å². The Labute approximate surface area is 77.6 Å². The Morgan fingerprint density at radius 1 is 1.67 bits per heavy atom. The van der Waals surface area contributed by atoms with Gasteiger partial charge < -0.3 is 5.73 Å². The van der Waals surface area contributed by atoms with Crippen LogP contribution in [0, 0.1) is 5.92 Å². The van der Waals surface area contributed by atoms with E-state index in [2.05, 4.69) is 18.4 Å². The van der Waals surface area contributed by atoms with E-state index in [1.807, 2.05) is 11.3 Å². The molecular weight excluding hydrogens is 166 g/mol. The molecule has 0 radical (unpaired) electrons. The fraction of sp³-hybridized carbons (Fsp3) is 0.600. The molecule has 0 fully saturated rings. The molecule has 0 aliphatic heterocycles. The van der Waals surface area contributed by atoms with Gasteiger partial charge in [-0.25, -0.2) is 0 Å². The number of fused-ring (bicyclic) bond motifs is 1. The van der Waals surface area contributed by atoms with Gasteiger partial charge >= 0.3 is 0 Å². The highest BCUT2D eigenvalue weighted by atomic mass is 32.1. The maximum atomic E-state index is 5.60. The van der Waals surface area contributed by atoms with E-state index < -0.39 is 0 Å². The summed E-state index contributed by atoms with van der Waals surface area (Å²) in [6, 6.07) is 2.28. The van der Waals surface area contributed by atoms with Gasteiger partial charge in [0.25, 0.3) is 0 Å². The molecule has 0 saturated heterocycles. The highest BCUT2D eigenvalue weighted by Gasteiger charge is 2.29. The lowest BCUT2D eigenvalue weighted by Gasteiger charge is -2.14. The molecule has 0 amide bonds. The van der Waals surface area contributed by atoms with Crippen LogP contribution in [-0.2, 0) is 6.42 Å². The topological polar surface area (TPSA) is 26.0 Å². The maximum absolute atomic E-state index is 5.60. The van der Waals surface area contributed by atoms with Gasteiger partial charge in [0.15, 0.2) is 0 Å². The number of hydrogen-bond acceptors (Lipinski definition) is 2. The standard InChI is InChI=1S/C10H15NS/c1-7-6-10-9(3-5-12-10)8(7)2-4-11/h3,5,7-8H,2,4,6,11H2,1H3. The van der Waals surface area contributed by atoms with Gasteiger partial charge in [-0.05, 0) is 48.2 Å². The Bertz CT molecular complexity index is 267. The SMILES string of the molecule is CC1Cc2sccc2C1CCN. The second-order valence-electron chi connectivity index (χ2n) is 3.66. The molecular formula is C10H15NS. The number of rotatable bonds is 2. The van der Waals surface area contributed by atoms with E-state index in [1.165, 1.54) is 6.42 Å². The first-order valence-electron chi connectivity index (χ1n) is 4.59. The average Bonchev–Trinajstić information content (AvgIpc) is 2.56. The first kappa shape index (κ1) is 8.27. The molecule has 1 aromatic heterocycles. The van der Waals surface area contributed by atoms with Crippen LogP contribution in [0.5, 0.6) is 0 Å². The van der Waals surface area contributed by atoms with Gasteiger partial charge in [0.1, 0.15) is 0 Å². The number of thiophene rings is 1. The second kappa shape index (κ2) is 3.19. The van der Waals surface area contributed by atoms with Crippen LogP contribution in [0.2, 0.25) is 0 Å². The van der Waals surface area contributed by atoms with Gasteiger partial charge in [0.2, 0.25) is 0 Å². The Hall–Kier alpha value is -0.340. The highest BCUT2D eigenvalue weighted by Crippen LogP contribution is 2.42. The zero-order valence-corrected chi connectivity index (χ0v) is 8.23. The van der Waals surface area contributed by atoms with E-state index in [9.17, 15) is 0 Å². The van der Waals surface area contributed by atoms with E-state index in [0.29, 0.717) is 0 Å². The lowest BCUT2D eigenvalue weighted by atomic mass is 9.91. The van der Waals surface area contributed by atoms with Gasteiger partial charge in [0.05, 0.1) is 0 Å². The molecule has 2 N–H and O–H groups in total. The molecule has 1 aliphatic carbocycles. The normalized spacial score (nSPS) is 27.5. The van der Waals surface area contributed by atoms with Gasteiger partial charge in [-0.1, -0.05) is 6.92 Å². The summed E-state index contributed by atoms with van der Waals surface area (Å²) in [4.78, 5) is 1.60. The molecule has 0 bridgehead atoms. The molecule has 2 rings (SSSR count). The average molecular weight is 181 g/mol. The summed E-state index contributed by atoms with van der Waals surface area (Å²) in [5, 5.41) is 2.21. The van der Waals surface area contributed by atoms with Crippen molar-refractivity contribution in [3.63, 3.8) is 0 Å². The molecule has 1 heterocycles. The van der Waals surface area contributed by atoms with Crippen molar-refractivity contribution in [3.8, 4) is 0 Å². The lowest BCUT2D eigenvalue weighted by Crippen LogP contribution is -2.10. The summed E-state index contributed by atoms with van der Waals surface area (Å²) < 4.78 is 0. The summed E-state index contributed by atoms with van der Waals surface area (Å²) in [6.07, 6.45) is 2.43. The van der Waals surface area contributed by atoms with Crippen LogP contribution in [0.1, 0.15) is 29.7 Å². The first-order valence-corrected chi connectivity index (χ1v) is 5.47. The van der Waals surface area contributed by atoms with Crippen LogP contribution >= 0.6 is 11.3 Å². The van der Waals surface area contributed by atoms with E-state index in [-0.39, 0.29) is 0 Å². The predicted octanol–water partition coefficient (Wildman–Crippen LogP) is 2.37. The van der Waals surface area contributed by atoms with Crippen LogP contribution in [-0.4, -0.2) is 6.54 Å². The summed E-state index contributed by atoms with van der Waals surface area (Å²) in [6.45, 7) is 3.16. The fourth-order valence-corrected chi connectivity index (χ4v) is 3.30. The Balaban J connectivity index is 2.23. The van der Waals surface area contributed by atoms with Gasteiger partial charge in [-0.15, -0.1) is 11.3 Å². The van der Waals surface area contributed by atoms with Crippen molar-refractivity contribution in [2.24, 2.45) is 11.7 Å². The molecule has 1 nitrogen and oxygen atoms in total. The van der Waals surface area contributed by atoms with Crippen molar-refractivity contribution in [3.05, 3.63) is 21.9 Å². The lowest BCUT2D eigenvalue weighted by molar-refractivity contribution is 0.475. The quantitative estimate of drug-likeness (QED) is 0.744. The molecule has 66 valence electrons. The minimum absolute atomic E-state index is 0.747. The minimum Gasteiger partial charge on any atom is -0.330 e. The number of hydrogen-bond donors (Lipinski definition) is 1. The van der Waals surface area contributed by atoms with Crippen molar-refractivity contribution in [1.29, 1.82) is 0 Å². The van der Waals surface area contributed by atoms with E-state index in [0.717, 1.165) is 24.8 Å². The van der Waals surface area contributed by atoms with Gasteiger partial charge in [-0.2, -0.15) is 0 Å². The van der Waals surface area contributed by atoms with Crippen LogP contribution < -0.4 is 5.73 Å². The molecule has 0 saturated carbocycles. The fourth-order valence-electron chi connectivity index (χ4n) is 2.21. The van der Waals surface area contributed by atoms with Crippen molar-refractivity contribution in [1.82, 2.24) is 0 Å². The first-order chi connectivity index (χ1) is 5.83. The van der Waals surface area contributed by atoms with Crippen LogP contribution in [0.3, 0.4) is 0 Å². The minimum atomic E-state index is 0.747. The Kier molecular flexibility index (Phi) is 2.20. The summed E-state index contributed by atoms with van der Waals surface area (Å²) >= 11 is 1.90. The maximum Gasteiger partial charge on any atom is 0.00830 e. The Morgan fingerprint density at radius 2 is 2.50 bits per heavy atom. The molecule has 0 spiro atoms. The third-order valence-corrected chi connectivity index (χ3v) is 3.81. The number of nitrogens with two attached hydrogens (primary N) is 1. The van der Waals surface area contributed by atoms with E-state index in [4.69, 9.17) is 5.73 Å². The van der Waals surface area contributed by atoms with Crippen molar-refractivity contribution >= 4 is 11.3 Å². The zero-order chi connectivity index (χ0) is 8.55. The van der Waals surface area contributed by atoms with E-state index >= 15 is 0 Å². The third-order valence-electron chi connectivity index (χ3n) is 2.85. The van der Waals surface area contributed by atoms with Crippen LogP contribution in [0.4, 0.5) is 0 Å². The van der Waals surface area contributed by atoms with Gasteiger partial charge in [-0.3, -0.25) is 0 Å². The molecule has 1 aromatic rings. The largest absolute Gasteiger partial charge is 0.330 e. The summed E-state index contributed by atoms with van der Waals surface area (Å²) in [5.41, 5.74) is 7.18. The van der Waals surface area contributed by atoms with Crippen molar-refractivity contribution < 1.29 is 0 Å². The third kappa shape index (κ3) is 1.19. The molecule has 2 atom stereocenters. The zero-order valence-electron chi connectivity index (χ0n) is 7.42. The van der Waals surface area contributed by atoms with Crippen molar-refractivity contribution in [2.45, 2.75) is 25.7 Å². The molecule has 12 heavy (non-hydrogen) atoms. The second-order valence-corrected chi connectivity index (χ2v) is 4.67. The monoisotopic (exact) mass is 181 g/mol. The predicted molar refractivity (Wildman–Crippen MR) is 53.6 cm³/mol. The van der Waals surface area contributed by atoms with Gasteiger partial charge in [0, 0.05) is 4.88 Å². The van der Waals surface area contributed by atoms with Crippen LogP contribution in [0.25, 0.3) is 0 Å². The molecule has 0 aromatic carbocycles. The highest BCUT2D eigenvalue weighted by molar-refractivity contribution is 7.10. The molecule has 1 aliphatic rings. The summed E-state index contributed by atoms with van der Waals surface area (Å²) in [5.74, 6) is 1.56. The molecule has 2 unspecified atom stereocenters. The smallest absolute Gasteiger partial charge is 0.00830 e.